The van der Waals surface area contributed by atoms with Crippen molar-refractivity contribution in [2.45, 2.75) is 23.7 Å². The Morgan fingerprint density at radius 2 is 2.00 bits per heavy atom. The van der Waals surface area contributed by atoms with Crippen molar-refractivity contribution in [3.63, 3.8) is 0 Å². The molecule has 1 rings (SSSR count). The van der Waals surface area contributed by atoms with Gasteiger partial charge >= 0.3 is 5.51 Å². The molecule has 0 atom stereocenters. The number of rotatable bonds is 6. The van der Waals surface area contributed by atoms with E-state index in [9.17, 15) is 21.6 Å². The molecule has 0 saturated carbocycles. The predicted molar refractivity (Wildman–Crippen MR) is 73.9 cm³/mol. The number of aryl methyl sites for hydroxylation is 1. The number of nitrogens with two attached hydrogens (primary N) is 1. The summed E-state index contributed by atoms with van der Waals surface area (Å²) in [5, 5.41) is 0. The van der Waals surface area contributed by atoms with Crippen LogP contribution in [0.3, 0.4) is 0 Å². The first-order chi connectivity index (χ1) is 9.15. The van der Waals surface area contributed by atoms with Gasteiger partial charge in [0, 0.05) is 18.0 Å². The van der Waals surface area contributed by atoms with Crippen LogP contribution in [-0.4, -0.2) is 26.2 Å². The molecule has 0 aromatic heterocycles. The number of thioether (sulfide) groups is 1. The largest absolute Gasteiger partial charge is 0.441 e. The van der Waals surface area contributed by atoms with E-state index in [1.54, 1.807) is 19.1 Å². The van der Waals surface area contributed by atoms with Crippen LogP contribution in [0.4, 0.5) is 18.9 Å². The van der Waals surface area contributed by atoms with Crippen molar-refractivity contribution in [2.75, 3.05) is 18.0 Å². The molecule has 0 amide bonds. The van der Waals surface area contributed by atoms with Gasteiger partial charge in [0.15, 0.2) is 0 Å². The van der Waals surface area contributed by atoms with Gasteiger partial charge < -0.3 is 5.73 Å². The molecule has 0 spiro atoms. The maximum Gasteiger partial charge on any atom is 0.441 e. The predicted octanol–water partition coefficient (Wildman–Crippen LogP) is 2.36. The van der Waals surface area contributed by atoms with Crippen LogP contribution < -0.4 is 10.5 Å². The number of hydrogen-bond donors (Lipinski definition) is 2. The van der Waals surface area contributed by atoms with E-state index in [0.717, 1.165) is 0 Å². The third-order valence-electron chi connectivity index (χ3n) is 2.42. The second-order valence-electron chi connectivity index (χ2n) is 3.91. The molecule has 0 bridgehead atoms. The standard InChI is InChI=1S/C11H15F3N2O2S2/c1-2-8-3-4-9(15)7-10(8)20(17,18)16-5-6-19-11(12,13)14/h3-4,7,16H,2,5-6,15H2,1H3. The Balaban J connectivity index is 2.77. The molecule has 0 unspecified atom stereocenters. The summed E-state index contributed by atoms with van der Waals surface area (Å²) in [7, 11) is -3.85. The van der Waals surface area contributed by atoms with Crippen LogP contribution in [0.1, 0.15) is 12.5 Å². The lowest BCUT2D eigenvalue weighted by Crippen LogP contribution is -2.27. The Hall–Kier alpha value is -0.930. The van der Waals surface area contributed by atoms with E-state index >= 15 is 0 Å². The molecule has 0 aliphatic heterocycles. The molecule has 0 aliphatic carbocycles. The number of anilines is 1. The minimum Gasteiger partial charge on any atom is -0.399 e. The first-order valence-corrected chi connectivity index (χ1v) is 8.21. The van der Waals surface area contributed by atoms with Crippen molar-refractivity contribution >= 4 is 27.5 Å². The summed E-state index contributed by atoms with van der Waals surface area (Å²) in [4.78, 5) is 0.0111. The van der Waals surface area contributed by atoms with Gasteiger partial charge in [-0.2, -0.15) is 13.2 Å². The third-order valence-corrected chi connectivity index (χ3v) is 4.70. The summed E-state index contributed by atoms with van der Waals surface area (Å²) in [6, 6.07) is 4.48. The maximum absolute atomic E-state index is 12.0. The topological polar surface area (TPSA) is 72.2 Å². The lowest BCUT2D eigenvalue weighted by Gasteiger charge is -2.11. The number of nitrogen functional groups attached to an aromatic ring is 1. The lowest BCUT2D eigenvalue weighted by atomic mass is 10.1. The summed E-state index contributed by atoms with van der Waals surface area (Å²) in [5.41, 5.74) is 2.03. The third kappa shape index (κ3) is 5.22. The molecule has 0 heterocycles. The van der Waals surface area contributed by atoms with E-state index in [-0.39, 0.29) is 34.6 Å². The van der Waals surface area contributed by atoms with Crippen molar-refractivity contribution in [1.82, 2.24) is 4.72 Å². The summed E-state index contributed by atoms with van der Waals surface area (Å²) in [6.45, 7) is 1.48. The average Bonchev–Trinajstić information content (AvgIpc) is 2.33. The molecule has 0 fully saturated rings. The van der Waals surface area contributed by atoms with Crippen LogP contribution >= 0.6 is 11.8 Å². The number of benzene rings is 1. The van der Waals surface area contributed by atoms with Crippen LogP contribution in [-0.2, 0) is 16.4 Å². The zero-order valence-corrected chi connectivity index (χ0v) is 12.3. The van der Waals surface area contributed by atoms with Crippen LogP contribution in [0.15, 0.2) is 23.1 Å². The van der Waals surface area contributed by atoms with Crippen molar-refractivity contribution < 1.29 is 21.6 Å². The molecule has 3 N–H and O–H groups in total. The molecular formula is C11H15F3N2O2S2. The van der Waals surface area contributed by atoms with Crippen molar-refractivity contribution in [3.05, 3.63) is 23.8 Å². The molecule has 114 valence electrons. The fourth-order valence-corrected chi connectivity index (χ4v) is 3.47. The summed E-state index contributed by atoms with van der Waals surface area (Å²) in [6.07, 6.45) is 0.480. The highest BCUT2D eigenvalue weighted by Crippen LogP contribution is 2.29. The van der Waals surface area contributed by atoms with Gasteiger partial charge in [-0.25, -0.2) is 13.1 Å². The number of halogens is 3. The maximum atomic E-state index is 12.0. The van der Waals surface area contributed by atoms with E-state index in [4.69, 9.17) is 5.73 Å². The molecule has 1 aromatic carbocycles. The molecule has 0 aliphatic rings. The highest BCUT2D eigenvalue weighted by molar-refractivity contribution is 8.00. The zero-order chi connectivity index (χ0) is 15.4. The second kappa shape index (κ2) is 6.68. The monoisotopic (exact) mass is 328 g/mol. The molecule has 0 radical (unpaired) electrons. The fourth-order valence-electron chi connectivity index (χ4n) is 1.53. The van der Waals surface area contributed by atoms with E-state index in [0.29, 0.717) is 12.0 Å². The van der Waals surface area contributed by atoms with E-state index in [1.165, 1.54) is 6.07 Å². The van der Waals surface area contributed by atoms with Gasteiger partial charge in [0.25, 0.3) is 0 Å². The Labute approximate surface area is 120 Å². The van der Waals surface area contributed by atoms with E-state index in [1.807, 2.05) is 0 Å². The van der Waals surface area contributed by atoms with Gasteiger partial charge in [0.05, 0.1) is 4.90 Å². The van der Waals surface area contributed by atoms with Gasteiger partial charge in [0.1, 0.15) is 0 Å². The number of hydrogen-bond acceptors (Lipinski definition) is 4. The SMILES string of the molecule is CCc1ccc(N)cc1S(=O)(=O)NCCSC(F)(F)F. The Morgan fingerprint density at radius 1 is 1.35 bits per heavy atom. The van der Waals surface area contributed by atoms with Crippen LogP contribution in [0.2, 0.25) is 0 Å². The van der Waals surface area contributed by atoms with Gasteiger partial charge in [-0.05, 0) is 35.9 Å². The smallest absolute Gasteiger partial charge is 0.399 e. The first kappa shape index (κ1) is 17.1. The Kier molecular flexibility index (Phi) is 5.72. The Morgan fingerprint density at radius 3 is 2.55 bits per heavy atom. The summed E-state index contributed by atoms with van der Waals surface area (Å²) < 4.78 is 62.0. The molecule has 20 heavy (non-hydrogen) atoms. The molecule has 0 saturated heterocycles. The lowest BCUT2D eigenvalue weighted by molar-refractivity contribution is -0.0327. The summed E-state index contributed by atoms with van der Waals surface area (Å²) >= 11 is -0.269. The quantitative estimate of drug-likeness (QED) is 0.621. The normalized spacial score (nSPS) is 12.6. The average molecular weight is 328 g/mol. The van der Waals surface area contributed by atoms with Gasteiger partial charge in [0.2, 0.25) is 10.0 Å². The fraction of sp³-hybridized carbons (Fsp3) is 0.455. The Bertz CT molecular complexity index is 559. The minimum absolute atomic E-state index is 0.0111. The highest BCUT2D eigenvalue weighted by atomic mass is 32.2. The van der Waals surface area contributed by atoms with Crippen LogP contribution in [0.5, 0.6) is 0 Å². The van der Waals surface area contributed by atoms with Crippen molar-refractivity contribution in [2.24, 2.45) is 0 Å². The highest BCUT2D eigenvalue weighted by Gasteiger charge is 2.28. The van der Waals surface area contributed by atoms with Gasteiger partial charge in [-0.1, -0.05) is 13.0 Å². The van der Waals surface area contributed by atoms with Gasteiger partial charge in [-0.3, -0.25) is 0 Å². The van der Waals surface area contributed by atoms with Gasteiger partial charge in [-0.15, -0.1) is 0 Å². The molecular weight excluding hydrogens is 313 g/mol. The first-order valence-electron chi connectivity index (χ1n) is 5.74. The van der Waals surface area contributed by atoms with E-state index < -0.39 is 15.5 Å². The molecule has 1 aromatic rings. The van der Waals surface area contributed by atoms with Crippen molar-refractivity contribution in [1.29, 1.82) is 0 Å². The molecule has 4 nitrogen and oxygen atoms in total. The number of sulfonamides is 1. The van der Waals surface area contributed by atoms with E-state index in [2.05, 4.69) is 4.72 Å². The number of alkyl halides is 3. The second-order valence-corrected chi connectivity index (χ2v) is 6.81. The van der Waals surface area contributed by atoms with Crippen molar-refractivity contribution in [3.8, 4) is 0 Å². The minimum atomic E-state index is -4.36. The molecule has 9 heteroatoms. The zero-order valence-electron chi connectivity index (χ0n) is 10.7. The summed E-state index contributed by atoms with van der Waals surface area (Å²) in [5.74, 6) is -0.382. The van der Waals surface area contributed by atoms with Crippen LogP contribution in [0.25, 0.3) is 0 Å². The van der Waals surface area contributed by atoms with Crippen LogP contribution in [0, 0.1) is 0 Å². The number of nitrogens with one attached hydrogen (secondary N) is 1.